The lowest BCUT2D eigenvalue weighted by Gasteiger charge is -2.30. The van der Waals surface area contributed by atoms with Crippen LogP contribution in [0.2, 0.25) is 0 Å². The number of carbonyl (C=O) groups is 3. The molecule has 2 saturated heterocycles. The highest BCUT2D eigenvalue weighted by atomic mass is 16.2. The number of hydrogen-bond donors (Lipinski definition) is 1. The van der Waals surface area contributed by atoms with E-state index in [9.17, 15) is 14.4 Å². The zero-order valence-electron chi connectivity index (χ0n) is 17.4. The number of benzene rings is 1. The number of aryl methyl sites for hydroxylation is 2. The van der Waals surface area contributed by atoms with Crippen LogP contribution in [0.5, 0.6) is 0 Å². The number of fused-ring (bicyclic) bond motifs is 1. The van der Waals surface area contributed by atoms with Gasteiger partial charge in [0.2, 0.25) is 5.91 Å². The van der Waals surface area contributed by atoms with Gasteiger partial charge in [-0.1, -0.05) is 6.07 Å². The van der Waals surface area contributed by atoms with Gasteiger partial charge in [0.1, 0.15) is 5.69 Å². The summed E-state index contributed by atoms with van der Waals surface area (Å²) in [4.78, 5) is 49.7. The van der Waals surface area contributed by atoms with E-state index in [0.717, 1.165) is 24.2 Å². The molecule has 1 aromatic carbocycles. The molecule has 0 unspecified atom stereocenters. The number of piperidine rings is 1. The first-order valence-corrected chi connectivity index (χ1v) is 10.1. The standard InChI is InChI=1S/C22H25N5O3/c1-13-4-5-15(8-18(13)25-20(28)19-10-23-14(2)9-24-19)21(29)27-11-16-6-7-26(3)22(30)17(16)12-27/h4-5,8-10,16-17H,6-7,11-12H2,1-3H3,(H,25,28)/t16-,17+/m1/s1. The van der Waals surface area contributed by atoms with Crippen molar-refractivity contribution in [2.45, 2.75) is 20.3 Å². The smallest absolute Gasteiger partial charge is 0.275 e. The molecule has 2 atom stereocenters. The van der Waals surface area contributed by atoms with Gasteiger partial charge in [0, 0.05) is 44.1 Å². The Bertz CT molecular complexity index is 1000. The summed E-state index contributed by atoms with van der Waals surface area (Å²) < 4.78 is 0. The molecule has 1 N–H and O–H groups in total. The number of likely N-dealkylation sites (tertiary alicyclic amines) is 2. The minimum atomic E-state index is -0.379. The van der Waals surface area contributed by atoms with Crippen molar-refractivity contribution in [3.05, 3.63) is 53.1 Å². The maximum absolute atomic E-state index is 13.1. The average molecular weight is 407 g/mol. The van der Waals surface area contributed by atoms with Crippen molar-refractivity contribution in [1.82, 2.24) is 19.8 Å². The Hall–Kier alpha value is -3.29. The molecule has 156 valence electrons. The number of carbonyl (C=O) groups excluding carboxylic acids is 3. The first kappa shape index (κ1) is 20.0. The van der Waals surface area contributed by atoms with Crippen LogP contribution in [-0.4, -0.2) is 64.2 Å². The first-order valence-electron chi connectivity index (χ1n) is 10.1. The van der Waals surface area contributed by atoms with Gasteiger partial charge in [0.15, 0.2) is 0 Å². The van der Waals surface area contributed by atoms with Crippen molar-refractivity contribution in [3.63, 3.8) is 0 Å². The maximum Gasteiger partial charge on any atom is 0.275 e. The van der Waals surface area contributed by atoms with E-state index in [1.165, 1.54) is 12.4 Å². The van der Waals surface area contributed by atoms with Gasteiger partial charge in [0.05, 0.1) is 17.8 Å². The monoisotopic (exact) mass is 407 g/mol. The molecule has 1 aromatic heterocycles. The lowest BCUT2D eigenvalue weighted by atomic mass is 9.88. The lowest BCUT2D eigenvalue weighted by Crippen LogP contribution is -2.42. The van der Waals surface area contributed by atoms with Crippen molar-refractivity contribution in [2.75, 3.05) is 32.0 Å². The van der Waals surface area contributed by atoms with Crippen LogP contribution < -0.4 is 5.32 Å². The summed E-state index contributed by atoms with van der Waals surface area (Å²) in [6.07, 6.45) is 3.88. The van der Waals surface area contributed by atoms with E-state index < -0.39 is 0 Å². The number of amides is 3. The molecule has 4 rings (SSSR count). The molecule has 0 aliphatic carbocycles. The summed E-state index contributed by atoms with van der Waals surface area (Å²) in [6, 6.07) is 5.26. The van der Waals surface area contributed by atoms with E-state index in [4.69, 9.17) is 0 Å². The van der Waals surface area contributed by atoms with Gasteiger partial charge in [-0.15, -0.1) is 0 Å². The Morgan fingerprint density at radius 2 is 1.93 bits per heavy atom. The predicted octanol–water partition coefficient (Wildman–Crippen LogP) is 1.90. The molecule has 0 saturated carbocycles. The van der Waals surface area contributed by atoms with Crippen LogP contribution >= 0.6 is 0 Å². The zero-order valence-corrected chi connectivity index (χ0v) is 17.4. The fourth-order valence-corrected chi connectivity index (χ4v) is 4.13. The maximum atomic E-state index is 13.1. The van der Waals surface area contributed by atoms with Gasteiger partial charge in [-0.2, -0.15) is 0 Å². The number of rotatable bonds is 3. The molecule has 2 aromatic rings. The minimum absolute atomic E-state index is 0.113. The van der Waals surface area contributed by atoms with Crippen molar-refractivity contribution in [3.8, 4) is 0 Å². The molecule has 8 heteroatoms. The highest BCUT2D eigenvalue weighted by Crippen LogP contribution is 2.32. The molecular weight excluding hydrogens is 382 g/mol. The molecule has 3 amide bonds. The normalized spacial score (nSPS) is 20.8. The van der Waals surface area contributed by atoms with Gasteiger partial charge in [-0.25, -0.2) is 4.98 Å². The van der Waals surface area contributed by atoms with Crippen LogP contribution in [0.4, 0.5) is 5.69 Å². The number of aromatic nitrogens is 2. The fraction of sp³-hybridized carbons (Fsp3) is 0.409. The number of nitrogens with one attached hydrogen (secondary N) is 1. The van der Waals surface area contributed by atoms with E-state index in [0.29, 0.717) is 24.3 Å². The summed E-state index contributed by atoms with van der Waals surface area (Å²) in [5, 5.41) is 2.82. The Labute approximate surface area is 175 Å². The minimum Gasteiger partial charge on any atom is -0.345 e. The molecule has 2 aliphatic rings. The zero-order chi connectivity index (χ0) is 21.4. The SMILES string of the molecule is Cc1cnc(C(=O)Nc2cc(C(=O)N3C[C@H]4CCN(C)C(=O)[C@H]4C3)ccc2C)cn1. The van der Waals surface area contributed by atoms with E-state index in [1.54, 1.807) is 28.9 Å². The Balaban J connectivity index is 1.50. The number of hydrogen-bond acceptors (Lipinski definition) is 5. The van der Waals surface area contributed by atoms with E-state index in [-0.39, 0.29) is 35.3 Å². The van der Waals surface area contributed by atoms with Gasteiger partial charge in [0.25, 0.3) is 11.8 Å². The molecule has 3 heterocycles. The van der Waals surface area contributed by atoms with Crippen LogP contribution in [0.1, 0.15) is 38.5 Å². The Morgan fingerprint density at radius 1 is 1.13 bits per heavy atom. The number of nitrogens with zero attached hydrogens (tertiary/aromatic N) is 4. The fourth-order valence-electron chi connectivity index (χ4n) is 4.13. The largest absolute Gasteiger partial charge is 0.345 e. The molecule has 0 radical (unpaired) electrons. The van der Waals surface area contributed by atoms with Crippen LogP contribution in [0.15, 0.2) is 30.6 Å². The summed E-state index contributed by atoms with van der Waals surface area (Å²) >= 11 is 0. The Morgan fingerprint density at radius 3 is 2.67 bits per heavy atom. The van der Waals surface area contributed by atoms with Crippen molar-refractivity contribution in [2.24, 2.45) is 11.8 Å². The molecular formula is C22H25N5O3. The summed E-state index contributed by atoms with van der Waals surface area (Å²) in [5.41, 5.74) is 2.83. The molecule has 2 aliphatic heterocycles. The van der Waals surface area contributed by atoms with Gasteiger partial charge in [-0.05, 0) is 43.9 Å². The van der Waals surface area contributed by atoms with Gasteiger partial charge < -0.3 is 15.1 Å². The quantitative estimate of drug-likeness (QED) is 0.838. The topological polar surface area (TPSA) is 95.5 Å². The van der Waals surface area contributed by atoms with E-state index >= 15 is 0 Å². The highest BCUT2D eigenvalue weighted by molar-refractivity contribution is 6.04. The third-order valence-corrected chi connectivity index (χ3v) is 6.00. The van der Waals surface area contributed by atoms with Crippen molar-refractivity contribution < 1.29 is 14.4 Å². The molecule has 0 spiro atoms. The van der Waals surface area contributed by atoms with Crippen LogP contribution in [0.3, 0.4) is 0 Å². The third-order valence-electron chi connectivity index (χ3n) is 6.00. The van der Waals surface area contributed by atoms with Gasteiger partial charge in [-0.3, -0.25) is 19.4 Å². The summed E-state index contributed by atoms with van der Waals surface area (Å²) in [7, 11) is 1.82. The molecule has 0 bridgehead atoms. The highest BCUT2D eigenvalue weighted by Gasteiger charge is 2.43. The second kappa shape index (κ2) is 7.85. The lowest BCUT2D eigenvalue weighted by molar-refractivity contribution is -0.137. The summed E-state index contributed by atoms with van der Waals surface area (Å²) in [6.45, 7) is 5.45. The van der Waals surface area contributed by atoms with Crippen LogP contribution in [0, 0.1) is 25.7 Å². The second-order valence-corrected chi connectivity index (χ2v) is 8.15. The van der Waals surface area contributed by atoms with Crippen molar-refractivity contribution in [1.29, 1.82) is 0 Å². The average Bonchev–Trinajstić information content (AvgIpc) is 3.17. The number of anilines is 1. The van der Waals surface area contributed by atoms with Crippen molar-refractivity contribution >= 4 is 23.4 Å². The Kier molecular flexibility index (Phi) is 5.24. The second-order valence-electron chi connectivity index (χ2n) is 8.15. The molecule has 30 heavy (non-hydrogen) atoms. The third kappa shape index (κ3) is 3.77. The molecule has 2 fully saturated rings. The van der Waals surface area contributed by atoms with E-state index in [1.807, 2.05) is 20.0 Å². The van der Waals surface area contributed by atoms with Crippen LogP contribution in [0.25, 0.3) is 0 Å². The van der Waals surface area contributed by atoms with Crippen LogP contribution in [-0.2, 0) is 4.79 Å². The molecule has 8 nitrogen and oxygen atoms in total. The first-order chi connectivity index (χ1) is 14.3. The predicted molar refractivity (Wildman–Crippen MR) is 111 cm³/mol. The van der Waals surface area contributed by atoms with Gasteiger partial charge >= 0.3 is 0 Å². The summed E-state index contributed by atoms with van der Waals surface area (Å²) in [5.74, 6) is -0.265. The van der Waals surface area contributed by atoms with E-state index in [2.05, 4.69) is 15.3 Å².